The van der Waals surface area contributed by atoms with Crippen LogP contribution in [0.5, 0.6) is 0 Å². The van der Waals surface area contributed by atoms with Crippen molar-refractivity contribution in [2.24, 2.45) is 0 Å². The summed E-state index contributed by atoms with van der Waals surface area (Å²) in [6.07, 6.45) is -9.59. The first-order valence-corrected chi connectivity index (χ1v) is 6.12. The highest BCUT2D eigenvalue weighted by Gasteiger charge is 2.40. The van der Waals surface area contributed by atoms with Gasteiger partial charge in [-0.25, -0.2) is 0 Å². The fourth-order valence-corrected chi connectivity index (χ4v) is 1.56. The van der Waals surface area contributed by atoms with E-state index in [4.69, 9.17) is 0 Å². The summed E-state index contributed by atoms with van der Waals surface area (Å²) >= 11 is 2.99. The minimum absolute atomic E-state index is 0.156. The number of hydrogen-bond acceptors (Lipinski definition) is 0. The van der Waals surface area contributed by atoms with Crippen LogP contribution in [0.15, 0.2) is 18.2 Å². The molecule has 0 N–H and O–H groups in total. The predicted octanol–water partition coefficient (Wildman–Crippen LogP) is 4.86. The first kappa shape index (κ1) is 15.9. The predicted molar refractivity (Wildman–Crippen MR) is 61.7 cm³/mol. The summed E-state index contributed by atoms with van der Waals surface area (Å²) in [5.41, 5.74) is -3.77. The van der Waals surface area contributed by atoms with Crippen LogP contribution in [0.25, 0.3) is 0 Å². The van der Waals surface area contributed by atoms with E-state index in [1.54, 1.807) is 0 Å². The number of halogens is 7. The number of rotatable bonds is 1. The van der Waals surface area contributed by atoms with Gasteiger partial charge in [0.2, 0.25) is 0 Å². The molecule has 0 spiro atoms. The Morgan fingerprint density at radius 3 is 1.79 bits per heavy atom. The van der Waals surface area contributed by atoms with Crippen molar-refractivity contribution in [2.45, 2.75) is 18.8 Å². The highest BCUT2D eigenvalue weighted by atomic mass is 79.9. The lowest BCUT2D eigenvalue weighted by molar-refractivity contribution is -0.143. The Hall–Kier alpha value is -1.16. The molecule has 0 nitrogen and oxygen atoms in total. The molecule has 0 aliphatic heterocycles. The molecule has 0 aliphatic carbocycles. The summed E-state index contributed by atoms with van der Waals surface area (Å²) in [4.78, 5) is 0. The molecule has 0 saturated carbocycles. The van der Waals surface area contributed by atoms with Gasteiger partial charge in [-0.1, -0.05) is 33.8 Å². The van der Waals surface area contributed by atoms with Gasteiger partial charge < -0.3 is 0 Å². The van der Waals surface area contributed by atoms with Crippen molar-refractivity contribution in [1.29, 1.82) is 0 Å². The fourth-order valence-electron chi connectivity index (χ4n) is 1.36. The average molecular weight is 345 g/mol. The van der Waals surface area contributed by atoms with Gasteiger partial charge in [0.15, 0.2) is 0 Å². The maximum absolute atomic E-state index is 12.7. The lowest BCUT2D eigenvalue weighted by Crippen LogP contribution is -2.14. The SMILES string of the molecule is FC(F)(F)c1cccc(C(F)(F)F)c1C#CCCBr. The van der Waals surface area contributed by atoms with Crippen molar-refractivity contribution in [3.63, 3.8) is 0 Å². The topological polar surface area (TPSA) is 0 Å². The Kier molecular flexibility index (Phi) is 4.91. The van der Waals surface area contributed by atoms with Gasteiger partial charge in [-0.05, 0) is 12.1 Å². The molecule has 0 aliphatic rings. The second kappa shape index (κ2) is 5.87. The highest BCUT2D eigenvalue weighted by molar-refractivity contribution is 9.09. The van der Waals surface area contributed by atoms with Crippen LogP contribution in [0.2, 0.25) is 0 Å². The molecule has 104 valence electrons. The Morgan fingerprint density at radius 1 is 0.947 bits per heavy atom. The molecule has 0 saturated heterocycles. The van der Waals surface area contributed by atoms with Gasteiger partial charge in [-0.15, -0.1) is 0 Å². The van der Waals surface area contributed by atoms with Gasteiger partial charge >= 0.3 is 12.4 Å². The Bertz CT molecular complexity index is 471. The molecule has 0 fully saturated rings. The van der Waals surface area contributed by atoms with Gasteiger partial charge in [0.05, 0.1) is 11.1 Å². The molecule has 0 bridgehead atoms. The van der Waals surface area contributed by atoms with Gasteiger partial charge in [0.1, 0.15) is 0 Å². The van der Waals surface area contributed by atoms with E-state index < -0.39 is 29.0 Å². The van der Waals surface area contributed by atoms with Crippen LogP contribution in [0, 0.1) is 11.8 Å². The maximum atomic E-state index is 12.7. The van der Waals surface area contributed by atoms with Gasteiger partial charge in [0.25, 0.3) is 0 Å². The van der Waals surface area contributed by atoms with E-state index in [1.165, 1.54) is 0 Å². The highest BCUT2D eigenvalue weighted by Crippen LogP contribution is 2.38. The molecular weight excluding hydrogens is 338 g/mol. The molecule has 0 amide bonds. The quantitative estimate of drug-likeness (QED) is 0.387. The molecular formula is C12H7BrF6. The van der Waals surface area contributed by atoms with Crippen LogP contribution in [0.3, 0.4) is 0 Å². The zero-order valence-corrected chi connectivity index (χ0v) is 10.9. The summed E-state index contributed by atoms with van der Waals surface area (Å²) in [5, 5.41) is 0.371. The monoisotopic (exact) mass is 344 g/mol. The molecule has 1 rings (SSSR count). The van der Waals surface area contributed by atoms with Gasteiger partial charge in [0, 0.05) is 17.3 Å². The third-order valence-corrected chi connectivity index (χ3v) is 2.50. The zero-order valence-electron chi connectivity index (χ0n) is 9.29. The maximum Gasteiger partial charge on any atom is 0.417 e. The number of hydrogen-bond donors (Lipinski definition) is 0. The lowest BCUT2D eigenvalue weighted by atomic mass is 10.0. The summed E-state index contributed by atoms with van der Waals surface area (Å²) in [7, 11) is 0. The van der Waals surface area contributed by atoms with E-state index in [1.807, 2.05) is 5.92 Å². The van der Waals surface area contributed by atoms with E-state index >= 15 is 0 Å². The number of alkyl halides is 7. The standard InChI is InChI=1S/C12H7BrF6/c13-7-2-1-4-8-9(11(14,15)16)5-3-6-10(8)12(17,18)19/h3,5-6H,2,7H2. The first-order chi connectivity index (χ1) is 8.68. The molecule has 0 atom stereocenters. The molecule has 0 unspecified atom stereocenters. The van der Waals surface area contributed by atoms with E-state index in [0.29, 0.717) is 17.5 Å². The molecule has 0 heterocycles. The van der Waals surface area contributed by atoms with Gasteiger partial charge in [-0.3, -0.25) is 0 Å². The van der Waals surface area contributed by atoms with Crippen LogP contribution in [0.4, 0.5) is 26.3 Å². The smallest absolute Gasteiger partial charge is 0.166 e. The van der Waals surface area contributed by atoms with E-state index in [2.05, 4.69) is 21.9 Å². The van der Waals surface area contributed by atoms with Crippen LogP contribution in [-0.4, -0.2) is 5.33 Å². The third-order valence-electron chi connectivity index (χ3n) is 2.11. The number of benzene rings is 1. The minimum atomic E-state index is -4.88. The summed E-state index contributed by atoms with van der Waals surface area (Å²) in [6, 6.07) is 1.90. The molecule has 7 heteroatoms. The molecule has 1 aromatic carbocycles. The van der Waals surface area contributed by atoms with Crippen molar-refractivity contribution in [3.05, 3.63) is 34.9 Å². The molecule has 19 heavy (non-hydrogen) atoms. The normalized spacial score (nSPS) is 11.9. The van der Waals surface area contributed by atoms with Crippen molar-refractivity contribution in [3.8, 4) is 11.8 Å². The summed E-state index contributed by atoms with van der Waals surface area (Å²) in [6.45, 7) is 0. The Morgan fingerprint density at radius 2 is 1.42 bits per heavy atom. The first-order valence-electron chi connectivity index (χ1n) is 5.00. The fraction of sp³-hybridized carbons (Fsp3) is 0.333. The Balaban J connectivity index is 3.47. The van der Waals surface area contributed by atoms with Crippen molar-refractivity contribution in [1.82, 2.24) is 0 Å². The largest absolute Gasteiger partial charge is 0.417 e. The molecule has 0 radical (unpaired) electrons. The summed E-state index contributed by atoms with van der Waals surface area (Å²) in [5.74, 6) is 4.26. The van der Waals surface area contributed by atoms with E-state index in [9.17, 15) is 26.3 Å². The van der Waals surface area contributed by atoms with Crippen LogP contribution >= 0.6 is 15.9 Å². The van der Waals surface area contributed by atoms with E-state index in [-0.39, 0.29) is 6.42 Å². The Labute approximate surface area is 113 Å². The van der Waals surface area contributed by atoms with Gasteiger partial charge in [-0.2, -0.15) is 26.3 Å². The van der Waals surface area contributed by atoms with Crippen LogP contribution < -0.4 is 0 Å². The third kappa shape index (κ3) is 4.16. The summed E-state index contributed by atoms with van der Waals surface area (Å²) < 4.78 is 76.1. The minimum Gasteiger partial charge on any atom is -0.166 e. The average Bonchev–Trinajstić information content (AvgIpc) is 2.26. The van der Waals surface area contributed by atoms with Crippen molar-refractivity contribution < 1.29 is 26.3 Å². The molecule has 1 aromatic rings. The second-order valence-electron chi connectivity index (χ2n) is 3.46. The molecule has 0 aromatic heterocycles. The van der Waals surface area contributed by atoms with E-state index in [0.717, 1.165) is 6.07 Å². The van der Waals surface area contributed by atoms with Crippen molar-refractivity contribution >= 4 is 15.9 Å². The lowest BCUT2D eigenvalue weighted by Gasteiger charge is -2.14. The zero-order chi connectivity index (χ0) is 14.7. The van der Waals surface area contributed by atoms with Crippen LogP contribution in [-0.2, 0) is 12.4 Å². The van der Waals surface area contributed by atoms with Crippen molar-refractivity contribution in [2.75, 3.05) is 5.33 Å². The van der Waals surface area contributed by atoms with Crippen LogP contribution in [0.1, 0.15) is 23.1 Å². The second-order valence-corrected chi connectivity index (χ2v) is 4.26.